The number of carbonyl (C=O) groups excluding carboxylic acids is 3. The second-order valence-electron chi connectivity index (χ2n) is 5.83. The van der Waals surface area contributed by atoms with Crippen molar-refractivity contribution >= 4 is 53.8 Å². The molecule has 0 spiro atoms. The van der Waals surface area contributed by atoms with Crippen LogP contribution in [0.15, 0.2) is 39.2 Å². The lowest BCUT2D eigenvalue weighted by Gasteiger charge is -2.49. The Balaban J connectivity index is 0.00000320. The van der Waals surface area contributed by atoms with Crippen LogP contribution in [0.4, 0.5) is 4.79 Å². The van der Waals surface area contributed by atoms with Crippen LogP contribution < -0.4 is 11.1 Å². The normalized spacial score (nSPS) is 20.5. The Bertz CT molecular complexity index is 916. The number of fused-ring (bicyclic) bond motifs is 1. The van der Waals surface area contributed by atoms with Crippen molar-refractivity contribution in [1.82, 2.24) is 10.2 Å². The molecule has 2 atom stereocenters. The lowest BCUT2D eigenvalue weighted by molar-refractivity contribution is -0.150. The number of aliphatic carboxylic acids is 1. The van der Waals surface area contributed by atoms with Gasteiger partial charge in [0.25, 0.3) is 11.8 Å². The van der Waals surface area contributed by atoms with Gasteiger partial charge in [0.1, 0.15) is 30.8 Å². The van der Waals surface area contributed by atoms with E-state index < -0.39 is 35.3 Å². The number of carboxylic acids is 1. The van der Waals surface area contributed by atoms with Crippen LogP contribution in [0, 0.1) is 0 Å². The highest BCUT2D eigenvalue weighted by Crippen LogP contribution is 2.40. The molecule has 0 unspecified atom stereocenters. The largest absolute Gasteiger partial charge is 0.477 e. The molecule has 3 heterocycles. The van der Waals surface area contributed by atoms with Crippen LogP contribution in [0.1, 0.15) is 5.76 Å². The fourth-order valence-corrected chi connectivity index (χ4v) is 4.19. The molecule has 0 aliphatic carbocycles. The Hall–Kier alpha value is -3.19. The number of ether oxygens (including phenoxy) is 1. The van der Waals surface area contributed by atoms with E-state index in [9.17, 15) is 24.3 Å². The molecule has 1 aromatic rings. The minimum atomic E-state index is -1.35. The number of oxime groups is 1. The number of primary amides is 1. The van der Waals surface area contributed by atoms with Crippen molar-refractivity contribution in [3.8, 4) is 0 Å². The highest BCUT2D eigenvalue weighted by molar-refractivity contribution is 8.00. The molecule has 2 aliphatic rings. The molecule has 1 saturated heterocycles. The van der Waals surface area contributed by atoms with Gasteiger partial charge in [0.2, 0.25) is 5.71 Å². The number of carboxylic acid groups (broad SMARTS) is 1. The molecular weight excluding hydrogens is 444 g/mol. The van der Waals surface area contributed by atoms with Gasteiger partial charge in [-0.2, -0.15) is 0 Å². The predicted octanol–water partition coefficient (Wildman–Crippen LogP) is -0.114. The van der Waals surface area contributed by atoms with Crippen LogP contribution in [0.5, 0.6) is 0 Å². The molecule has 0 bridgehead atoms. The topological polar surface area (TPSA) is 174 Å². The fourth-order valence-electron chi connectivity index (χ4n) is 2.87. The number of thioether (sulfide) groups is 1. The van der Waals surface area contributed by atoms with Crippen molar-refractivity contribution in [2.75, 3.05) is 19.5 Å². The van der Waals surface area contributed by atoms with Gasteiger partial charge in [0, 0.05) is 11.3 Å². The lowest BCUT2D eigenvalue weighted by atomic mass is 10.0. The first kappa shape index (κ1) is 23.1. The Morgan fingerprint density at radius 2 is 2.20 bits per heavy atom. The van der Waals surface area contributed by atoms with Gasteiger partial charge in [-0.15, -0.1) is 24.2 Å². The fraction of sp³-hybridized carbons (Fsp3) is 0.312. The number of nitrogens with one attached hydrogen (secondary N) is 1. The minimum absolute atomic E-state index is 0. The van der Waals surface area contributed by atoms with E-state index in [-0.39, 0.29) is 47.5 Å². The van der Waals surface area contributed by atoms with Crippen molar-refractivity contribution in [3.05, 3.63) is 35.4 Å². The van der Waals surface area contributed by atoms with Gasteiger partial charge < -0.3 is 30.1 Å². The minimum Gasteiger partial charge on any atom is -0.477 e. The van der Waals surface area contributed by atoms with E-state index in [0.29, 0.717) is 0 Å². The number of rotatable bonds is 7. The van der Waals surface area contributed by atoms with Gasteiger partial charge in [-0.1, -0.05) is 5.16 Å². The summed E-state index contributed by atoms with van der Waals surface area (Å²) >= 11 is 1.21. The van der Waals surface area contributed by atoms with Crippen LogP contribution >= 0.6 is 24.2 Å². The number of halogens is 1. The highest BCUT2D eigenvalue weighted by atomic mass is 35.5. The van der Waals surface area contributed by atoms with Crippen molar-refractivity contribution in [3.63, 3.8) is 0 Å². The van der Waals surface area contributed by atoms with Crippen molar-refractivity contribution in [2.24, 2.45) is 10.9 Å². The average molecular weight is 461 g/mol. The van der Waals surface area contributed by atoms with E-state index in [0.717, 1.165) is 4.90 Å². The standard InChI is InChI=1S/C16H16N4O8S.ClH/c1-26-19-9(8-3-2-4-27-8)12(21)18-10-13(22)20-11(15(23)24)7(5-28-16(17)25)6-29-14(10)20;/h2-4,10,14H,5-6H2,1H3,(H2,17,25)(H,18,21)(H,23,24);1H/b19-9+;/t10-,14-;/m1./s1. The summed E-state index contributed by atoms with van der Waals surface area (Å²) in [6.45, 7) is -0.347. The molecule has 0 saturated carbocycles. The number of amides is 3. The van der Waals surface area contributed by atoms with Crippen LogP contribution in [0.2, 0.25) is 0 Å². The Morgan fingerprint density at radius 3 is 2.77 bits per heavy atom. The predicted molar refractivity (Wildman–Crippen MR) is 105 cm³/mol. The lowest BCUT2D eigenvalue weighted by Crippen LogP contribution is -2.71. The molecule has 3 amide bonds. The van der Waals surface area contributed by atoms with E-state index in [1.54, 1.807) is 6.07 Å². The molecule has 0 aromatic carbocycles. The maximum absolute atomic E-state index is 12.6. The van der Waals surface area contributed by atoms with Crippen LogP contribution in [0.3, 0.4) is 0 Å². The van der Waals surface area contributed by atoms with Gasteiger partial charge in [-0.3, -0.25) is 14.5 Å². The molecular formula is C16H17ClN4O8S. The quantitative estimate of drug-likeness (QED) is 0.284. The first-order valence-electron chi connectivity index (χ1n) is 8.13. The van der Waals surface area contributed by atoms with Crippen LogP contribution in [-0.2, 0) is 24.0 Å². The van der Waals surface area contributed by atoms with Crippen LogP contribution in [-0.4, -0.2) is 70.5 Å². The zero-order chi connectivity index (χ0) is 21.1. The van der Waals surface area contributed by atoms with Crippen molar-refractivity contribution in [2.45, 2.75) is 11.4 Å². The van der Waals surface area contributed by atoms with Gasteiger partial charge in [-0.05, 0) is 12.1 Å². The van der Waals surface area contributed by atoms with E-state index in [1.807, 2.05) is 0 Å². The number of β-lactam (4-membered cyclic amide) rings is 1. The Labute approximate surface area is 179 Å². The molecule has 14 heteroatoms. The van der Waals surface area contributed by atoms with Crippen LogP contribution in [0.25, 0.3) is 0 Å². The van der Waals surface area contributed by atoms with Gasteiger partial charge in [0.15, 0.2) is 5.76 Å². The average Bonchev–Trinajstić information content (AvgIpc) is 3.21. The van der Waals surface area contributed by atoms with Gasteiger partial charge in [0.05, 0.1) is 6.26 Å². The monoisotopic (exact) mass is 460 g/mol. The number of carbonyl (C=O) groups is 4. The third kappa shape index (κ3) is 4.36. The third-order valence-corrected chi connectivity index (χ3v) is 5.42. The summed E-state index contributed by atoms with van der Waals surface area (Å²) < 4.78 is 9.79. The number of nitrogens with zero attached hydrogens (tertiary/aromatic N) is 2. The number of hydrogen-bond acceptors (Lipinski definition) is 9. The Kier molecular flexibility index (Phi) is 7.34. The highest BCUT2D eigenvalue weighted by Gasteiger charge is 2.54. The molecule has 1 fully saturated rings. The first-order valence-corrected chi connectivity index (χ1v) is 9.18. The maximum Gasteiger partial charge on any atom is 0.404 e. The summed E-state index contributed by atoms with van der Waals surface area (Å²) in [7, 11) is 1.25. The number of furan rings is 1. The molecule has 2 aliphatic heterocycles. The van der Waals surface area contributed by atoms with Gasteiger partial charge in [-0.25, -0.2) is 9.59 Å². The van der Waals surface area contributed by atoms with E-state index in [4.69, 9.17) is 10.2 Å². The molecule has 4 N–H and O–H groups in total. The summed E-state index contributed by atoms with van der Waals surface area (Å²) in [5, 5.41) is 15.0. The smallest absolute Gasteiger partial charge is 0.404 e. The zero-order valence-corrected chi connectivity index (χ0v) is 17.0. The molecule has 3 rings (SSSR count). The number of hydrogen-bond donors (Lipinski definition) is 3. The second-order valence-corrected chi connectivity index (χ2v) is 6.93. The van der Waals surface area contributed by atoms with Gasteiger partial charge >= 0.3 is 12.1 Å². The van der Waals surface area contributed by atoms with E-state index >= 15 is 0 Å². The van der Waals surface area contributed by atoms with Crippen molar-refractivity contribution in [1.29, 1.82) is 0 Å². The van der Waals surface area contributed by atoms with E-state index in [2.05, 4.69) is 20.0 Å². The summed E-state index contributed by atoms with van der Waals surface area (Å²) in [5.74, 6) is -2.38. The maximum atomic E-state index is 12.6. The number of nitrogens with two attached hydrogens (primary N) is 1. The summed E-state index contributed by atoms with van der Waals surface area (Å²) in [6, 6.07) is 2.08. The molecule has 162 valence electrons. The van der Waals surface area contributed by atoms with Crippen molar-refractivity contribution < 1.29 is 38.3 Å². The molecule has 0 radical (unpaired) electrons. The first-order chi connectivity index (χ1) is 13.8. The van der Waals surface area contributed by atoms with E-state index in [1.165, 1.54) is 31.2 Å². The summed E-state index contributed by atoms with van der Waals surface area (Å²) in [6.07, 6.45) is 0.290. The molecule has 30 heavy (non-hydrogen) atoms. The molecule has 1 aromatic heterocycles. The second kappa shape index (κ2) is 9.54. The third-order valence-electron chi connectivity index (χ3n) is 4.08. The molecule has 12 nitrogen and oxygen atoms in total. The summed E-state index contributed by atoms with van der Waals surface area (Å²) in [4.78, 5) is 53.3. The zero-order valence-electron chi connectivity index (χ0n) is 15.4. The summed E-state index contributed by atoms with van der Waals surface area (Å²) in [5.41, 5.74) is 4.68. The Morgan fingerprint density at radius 1 is 1.47 bits per heavy atom. The SMILES string of the molecule is CO/N=C(/C(=O)N[C@@H]1C(=O)N2C(C(=O)O)=C(COC(N)=O)CS[C@H]12)c1ccco1.Cl.